The Morgan fingerprint density at radius 2 is 1.49 bits per heavy atom. The lowest BCUT2D eigenvalue weighted by atomic mass is 9.96. The number of guanidine groups is 1. The summed E-state index contributed by atoms with van der Waals surface area (Å²) in [6.07, 6.45) is 3.19. The molecule has 1 aliphatic heterocycles. The van der Waals surface area contributed by atoms with E-state index in [-0.39, 0.29) is 5.91 Å². The Labute approximate surface area is 224 Å². The summed E-state index contributed by atoms with van der Waals surface area (Å²) in [5, 5.41) is 12.7. The first kappa shape index (κ1) is 25.9. The van der Waals surface area contributed by atoms with Gasteiger partial charge < -0.3 is 10.1 Å². The molecule has 1 heterocycles. The standard InChI is InChI=1S/C27H24Cl2N6O2/c1-17-24(26(36)34-30-15-18-3-9-21(28)10-4-18)25(20-7-13-23(37-2)14-8-20)33-27(32-17)35-31-16-19-5-11-22(29)12-6-19/h3-16,25H,1-2H3,(H,34,36)(H2,32,33,35)/b30-15+,31-16+. The van der Waals surface area contributed by atoms with Gasteiger partial charge >= 0.3 is 0 Å². The van der Waals surface area contributed by atoms with Crippen molar-refractivity contribution < 1.29 is 9.53 Å². The molecule has 0 saturated carbocycles. The number of benzene rings is 3. The number of nitrogens with one attached hydrogen (secondary N) is 3. The number of carbonyl (C=O) groups is 1. The number of hydrogen-bond acceptors (Lipinski definition) is 7. The Morgan fingerprint density at radius 1 is 0.919 bits per heavy atom. The summed E-state index contributed by atoms with van der Waals surface area (Å²) in [6.45, 7) is 1.80. The quantitative estimate of drug-likeness (QED) is 0.291. The number of nitrogens with zero attached hydrogens (tertiary/aromatic N) is 3. The number of aliphatic imine (C=N–C) groups is 1. The van der Waals surface area contributed by atoms with Crippen molar-refractivity contribution in [1.29, 1.82) is 0 Å². The molecule has 3 N–H and O–H groups in total. The molecular formula is C27H24Cl2N6O2. The van der Waals surface area contributed by atoms with Crippen LogP contribution in [0.1, 0.15) is 29.7 Å². The van der Waals surface area contributed by atoms with Gasteiger partial charge in [0.05, 0.1) is 25.1 Å². The number of amides is 1. The molecule has 0 aliphatic carbocycles. The normalized spacial score (nSPS) is 15.5. The smallest absolute Gasteiger partial charge is 0.271 e. The van der Waals surface area contributed by atoms with E-state index in [1.807, 2.05) is 36.4 Å². The minimum absolute atomic E-state index is 0.386. The highest BCUT2D eigenvalue weighted by Gasteiger charge is 2.29. The van der Waals surface area contributed by atoms with E-state index in [0.717, 1.165) is 16.7 Å². The van der Waals surface area contributed by atoms with E-state index in [2.05, 4.69) is 26.4 Å². The van der Waals surface area contributed by atoms with Crippen LogP contribution in [0.15, 0.2) is 99.3 Å². The van der Waals surface area contributed by atoms with Gasteiger partial charge in [-0.2, -0.15) is 10.2 Å². The van der Waals surface area contributed by atoms with Crippen LogP contribution in [0.4, 0.5) is 0 Å². The van der Waals surface area contributed by atoms with Crippen LogP contribution >= 0.6 is 23.2 Å². The molecule has 0 fully saturated rings. The summed E-state index contributed by atoms with van der Waals surface area (Å²) in [4.78, 5) is 17.9. The first-order valence-corrected chi connectivity index (χ1v) is 12.0. The number of methoxy groups -OCH3 is 1. The lowest BCUT2D eigenvalue weighted by Crippen LogP contribution is -2.40. The van der Waals surface area contributed by atoms with E-state index in [9.17, 15) is 4.79 Å². The van der Waals surface area contributed by atoms with Crippen molar-refractivity contribution in [1.82, 2.24) is 16.2 Å². The van der Waals surface area contributed by atoms with Gasteiger partial charge in [-0.05, 0) is 60.0 Å². The van der Waals surface area contributed by atoms with Crippen LogP contribution in [0, 0.1) is 0 Å². The van der Waals surface area contributed by atoms with Gasteiger partial charge in [0.1, 0.15) is 11.8 Å². The number of ether oxygens (including phenoxy) is 1. The topological polar surface area (TPSA) is 99.5 Å². The number of hydrogen-bond donors (Lipinski definition) is 3. The van der Waals surface area contributed by atoms with E-state index < -0.39 is 6.04 Å². The molecule has 1 amide bonds. The molecule has 0 radical (unpaired) electrons. The van der Waals surface area contributed by atoms with E-state index >= 15 is 0 Å². The van der Waals surface area contributed by atoms with Gasteiger partial charge in [0, 0.05) is 15.7 Å². The summed E-state index contributed by atoms with van der Waals surface area (Å²) < 4.78 is 5.27. The van der Waals surface area contributed by atoms with E-state index in [1.165, 1.54) is 0 Å². The van der Waals surface area contributed by atoms with Gasteiger partial charge in [-0.15, -0.1) is 0 Å². The largest absolute Gasteiger partial charge is 0.497 e. The molecule has 4 rings (SSSR count). The summed E-state index contributed by atoms with van der Waals surface area (Å²) in [5.74, 6) is 0.708. The van der Waals surface area contributed by atoms with Crippen molar-refractivity contribution in [2.45, 2.75) is 13.0 Å². The maximum absolute atomic E-state index is 13.2. The van der Waals surface area contributed by atoms with Crippen LogP contribution in [0.5, 0.6) is 5.75 Å². The number of halogens is 2. The number of hydrazone groups is 2. The predicted molar refractivity (Wildman–Crippen MR) is 148 cm³/mol. The Hall–Kier alpha value is -4.14. The van der Waals surface area contributed by atoms with Crippen LogP contribution in [0.25, 0.3) is 0 Å². The maximum atomic E-state index is 13.2. The fourth-order valence-corrected chi connectivity index (χ4v) is 3.80. The zero-order chi connectivity index (χ0) is 26.2. The molecule has 0 aromatic heterocycles. The Kier molecular flexibility index (Phi) is 8.56. The summed E-state index contributed by atoms with van der Waals surface area (Å²) in [7, 11) is 1.60. The molecule has 37 heavy (non-hydrogen) atoms. The van der Waals surface area contributed by atoms with Crippen molar-refractivity contribution in [2.24, 2.45) is 15.2 Å². The van der Waals surface area contributed by atoms with Gasteiger partial charge in [0.15, 0.2) is 0 Å². The van der Waals surface area contributed by atoms with E-state index in [1.54, 1.807) is 62.9 Å². The molecule has 3 aromatic carbocycles. The molecule has 10 heteroatoms. The third kappa shape index (κ3) is 6.97. The molecule has 3 aromatic rings. The Bertz CT molecular complexity index is 1370. The molecule has 0 bridgehead atoms. The zero-order valence-corrected chi connectivity index (χ0v) is 21.6. The van der Waals surface area contributed by atoms with Crippen molar-refractivity contribution in [3.8, 4) is 5.75 Å². The summed E-state index contributed by atoms with van der Waals surface area (Å²) in [6, 6.07) is 21.1. The minimum Gasteiger partial charge on any atom is -0.497 e. The SMILES string of the molecule is COc1ccc(C2N=C(N/N=C/c3ccc(Cl)cc3)NC(C)=C2C(=O)N/N=C/c2ccc(Cl)cc2)cc1. The minimum atomic E-state index is -0.605. The molecular weight excluding hydrogens is 511 g/mol. The molecule has 1 aliphatic rings. The third-order valence-corrected chi connectivity index (χ3v) is 5.93. The maximum Gasteiger partial charge on any atom is 0.271 e. The van der Waals surface area contributed by atoms with Crippen molar-refractivity contribution in [3.63, 3.8) is 0 Å². The fourth-order valence-electron chi connectivity index (χ4n) is 3.55. The molecule has 8 nitrogen and oxygen atoms in total. The second-order valence-electron chi connectivity index (χ2n) is 7.99. The first-order valence-electron chi connectivity index (χ1n) is 11.3. The van der Waals surface area contributed by atoms with Crippen molar-refractivity contribution in [2.75, 3.05) is 7.11 Å². The third-order valence-electron chi connectivity index (χ3n) is 5.42. The van der Waals surface area contributed by atoms with Gasteiger partial charge in [-0.1, -0.05) is 59.6 Å². The number of carbonyl (C=O) groups excluding carboxylic acids is 1. The molecule has 188 valence electrons. The highest BCUT2D eigenvalue weighted by Crippen LogP contribution is 2.31. The first-order chi connectivity index (χ1) is 17.9. The second kappa shape index (κ2) is 12.2. The average Bonchev–Trinajstić information content (AvgIpc) is 2.90. The summed E-state index contributed by atoms with van der Waals surface area (Å²) in [5.41, 5.74) is 9.00. The monoisotopic (exact) mass is 534 g/mol. The van der Waals surface area contributed by atoms with E-state index in [4.69, 9.17) is 32.9 Å². The van der Waals surface area contributed by atoms with Crippen LogP contribution in [0.3, 0.4) is 0 Å². The van der Waals surface area contributed by atoms with Crippen LogP contribution in [0.2, 0.25) is 10.0 Å². The van der Waals surface area contributed by atoms with Crippen LogP contribution in [-0.2, 0) is 4.79 Å². The lowest BCUT2D eigenvalue weighted by molar-refractivity contribution is -0.117. The Morgan fingerprint density at radius 3 is 2.05 bits per heavy atom. The zero-order valence-electron chi connectivity index (χ0n) is 20.1. The van der Waals surface area contributed by atoms with Crippen LogP contribution < -0.4 is 20.9 Å². The van der Waals surface area contributed by atoms with Crippen LogP contribution in [-0.4, -0.2) is 31.4 Å². The highest BCUT2D eigenvalue weighted by atomic mass is 35.5. The Balaban J connectivity index is 1.55. The van der Waals surface area contributed by atoms with Crippen molar-refractivity contribution >= 4 is 47.5 Å². The highest BCUT2D eigenvalue weighted by molar-refractivity contribution is 6.30. The lowest BCUT2D eigenvalue weighted by Gasteiger charge is -2.25. The molecule has 1 atom stereocenters. The second-order valence-corrected chi connectivity index (χ2v) is 8.86. The fraction of sp³-hybridized carbons (Fsp3) is 0.111. The van der Waals surface area contributed by atoms with Gasteiger partial charge in [0.2, 0.25) is 5.96 Å². The van der Waals surface area contributed by atoms with E-state index in [0.29, 0.717) is 33.0 Å². The molecule has 0 saturated heterocycles. The molecule has 0 spiro atoms. The molecule has 1 unspecified atom stereocenters. The summed E-state index contributed by atoms with van der Waals surface area (Å²) >= 11 is 11.9. The van der Waals surface area contributed by atoms with Gasteiger partial charge in [-0.3, -0.25) is 4.79 Å². The predicted octanol–water partition coefficient (Wildman–Crippen LogP) is 5.05. The van der Waals surface area contributed by atoms with Crippen molar-refractivity contribution in [3.05, 3.63) is 111 Å². The average molecular weight is 535 g/mol. The number of rotatable bonds is 7. The van der Waals surface area contributed by atoms with Gasteiger partial charge in [-0.25, -0.2) is 15.8 Å². The van der Waals surface area contributed by atoms with Gasteiger partial charge in [0.25, 0.3) is 5.91 Å². The number of allylic oxidation sites excluding steroid dienone is 1.